The average molecular weight is 219 g/mol. The molecule has 0 atom stereocenters. The van der Waals surface area contributed by atoms with E-state index >= 15 is 0 Å². The van der Waals surface area contributed by atoms with Gasteiger partial charge in [0.2, 0.25) is 0 Å². The van der Waals surface area contributed by atoms with Crippen LogP contribution in [-0.2, 0) is 13.6 Å². The molecule has 1 aromatic carbocycles. The molecule has 0 aliphatic rings. The maximum atomic E-state index is 8.67. The summed E-state index contributed by atoms with van der Waals surface area (Å²) in [6.45, 7) is 1.79. The van der Waals surface area contributed by atoms with Gasteiger partial charge in [-0.1, -0.05) is 12.1 Å². The molecule has 0 fully saturated rings. The lowest BCUT2D eigenvalue weighted by molar-refractivity contribution is 0.285. The molecule has 1 aromatic heterocycles. The van der Waals surface area contributed by atoms with Gasteiger partial charge in [0, 0.05) is 13.7 Å². The van der Waals surface area contributed by atoms with Gasteiger partial charge in [-0.05, 0) is 25.1 Å². The van der Waals surface area contributed by atoms with Crippen LogP contribution in [0.25, 0.3) is 11.0 Å². The molecule has 86 valence electrons. The molecule has 1 heterocycles. The third-order valence-electron chi connectivity index (χ3n) is 2.67. The fraction of sp³-hybridized carbons (Fsp3) is 0.417. The lowest BCUT2D eigenvalue weighted by Gasteiger charge is -2.03. The minimum Gasteiger partial charge on any atom is -0.396 e. The normalized spacial score (nSPS) is 11.1. The molecule has 0 bridgehead atoms. The van der Waals surface area contributed by atoms with Crippen LogP contribution in [0.1, 0.15) is 12.2 Å². The molecule has 0 saturated heterocycles. The van der Waals surface area contributed by atoms with E-state index in [2.05, 4.69) is 20.9 Å². The zero-order valence-corrected chi connectivity index (χ0v) is 9.48. The number of benzene rings is 1. The number of nitrogens with zero attached hydrogens (tertiary/aromatic N) is 2. The molecule has 0 aliphatic carbocycles. The summed E-state index contributed by atoms with van der Waals surface area (Å²) in [6, 6.07) is 8.11. The predicted molar refractivity (Wildman–Crippen MR) is 64.1 cm³/mol. The number of nitrogens with one attached hydrogen (secondary N) is 1. The molecule has 0 aliphatic heterocycles. The number of imidazole rings is 1. The van der Waals surface area contributed by atoms with Gasteiger partial charge in [0.15, 0.2) is 0 Å². The smallest absolute Gasteiger partial charge is 0.123 e. The number of hydrogen-bond donors (Lipinski definition) is 2. The van der Waals surface area contributed by atoms with Crippen LogP contribution in [0.5, 0.6) is 0 Å². The Balaban J connectivity index is 2.09. The Bertz CT molecular complexity index is 464. The number of aryl methyl sites for hydroxylation is 1. The lowest BCUT2D eigenvalue weighted by atomic mass is 10.3. The Hall–Kier alpha value is -1.39. The number of hydrogen-bond acceptors (Lipinski definition) is 3. The van der Waals surface area contributed by atoms with Crippen molar-refractivity contribution in [3.05, 3.63) is 30.1 Å². The van der Waals surface area contributed by atoms with Gasteiger partial charge >= 0.3 is 0 Å². The van der Waals surface area contributed by atoms with Crippen molar-refractivity contribution in [1.82, 2.24) is 14.9 Å². The van der Waals surface area contributed by atoms with Crippen LogP contribution in [0.15, 0.2) is 24.3 Å². The van der Waals surface area contributed by atoms with Crippen LogP contribution >= 0.6 is 0 Å². The van der Waals surface area contributed by atoms with Crippen molar-refractivity contribution >= 4 is 11.0 Å². The van der Waals surface area contributed by atoms with Gasteiger partial charge in [0.1, 0.15) is 5.82 Å². The monoisotopic (exact) mass is 219 g/mol. The fourth-order valence-electron chi connectivity index (χ4n) is 1.76. The summed E-state index contributed by atoms with van der Waals surface area (Å²) in [7, 11) is 2.03. The van der Waals surface area contributed by atoms with E-state index in [0.29, 0.717) is 0 Å². The van der Waals surface area contributed by atoms with Crippen LogP contribution in [0.4, 0.5) is 0 Å². The van der Waals surface area contributed by atoms with E-state index in [1.54, 1.807) is 0 Å². The minimum atomic E-state index is 0.232. The summed E-state index contributed by atoms with van der Waals surface area (Å²) < 4.78 is 2.10. The number of para-hydroxylation sites is 2. The first-order chi connectivity index (χ1) is 7.83. The number of aliphatic hydroxyl groups excluding tert-OH is 1. The molecule has 4 heteroatoms. The summed E-state index contributed by atoms with van der Waals surface area (Å²) in [6.07, 6.45) is 0.782. The van der Waals surface area contributed by atoms with Gasteiger partial charge < -0.3 is 15.0 Å². The number of fused-ring (bicyclic) bond motifs is 1. The second-order valence-corrected chi connectivity index (χ2v) is 3.83. The van der Waals surface area contributed by atoms with Crippen LogP contribution in [-0.4, -0.2) is 27.8 Å². The van der Waals surface area contributed by atoms with E-state index in [1.165, 1.54) is 0 Å². The zero-order valence-electron chi connectivity index (χ0n) is 9.48. The average Bonchev–Trinajstić information content (AvgIpc) is 2.63. The maximum absolute atomic E-state index is 8.67. The largest absolute Gasteiger partial charge is 0.396 e. The maximum Gasteiger partial charge on any atom is 0.123 e. The van der Waals surface area contributed by atoms with E-state index < -0.39 is 0 Å². The lowest BCUT2D eigenvalue weighted by Crippen LogP contribution is -2.18. The molecule has 2 aromatic rings. The Morgan fingerprint density at radius 3 is 2.94 bits per heavy atom. The molecule has 0 amide bonds. The summed E-state index contributed by atoms with van der Waals surface area (Å²) in [4.78, 5) is 4.55. The molecule has 16 heavy (non-hydrogen) atoms. The van der Waals surface area contributed by atoms with Gasteiger partial charge in [-0.15, -0.1) is 0 Å². The second kappa shape index (κ2) is 5.09. The van der Waals surface area contributed by atoms with Crippen molar-refractivity contribution in [2.24, 2.45) is 7.05 Å². The quantitative estimate of drug-likeness (QED) is 0.739. The van der Waals surface area contributed by atoms with Crippen molar-refractivity contribution in [3.63, 3.8) is 0 Å². The van der Waals surface area contributed by atoms with Crippen molar-refractivity contribution in [3.8, 4) is 0 Å². The first kappa shape index (κ1) is 11.1. The third kappa shape index (κ3) is 2.23. The zero-order chi connectivity index (χ0) is 11.4. The van der Waals surface area contributed by atoms with Crippen molar-refractivity contribution in [2.45, 2.75) is 13.0 Å². The molecule has 0 spiro atoms. The number of aromatic nitrogens is 2. The highest BCUT2D eigenvalue weighted by Crippen LogP contribution is 2.13. The van der Waals surface area contributed by atoms with Crippen LogP contribution in [0, 0.1) is 0 Å². The Morgan fingerprint density at radius 1 is 1.38 bits per heavy atom. The van der Waals surface area contributed by atoms with E-state index in [-0.39, 0.29) is 6.61 Å². The highest BCUT2D eigenvalue weighted by Gasteiger charge is 2.05. The Labute approximate surface area is 94.9 Å². The highest BCUT2D eigenvalue weighted by molar-refractivity contribution is 5.75. The summed E-state index contributed by atoms with van der Waals surface area (Å²) in [5.41, 5.74) is 2.19. The van der Waals surface area contributed by atoms with E-state index in [4.69, 9.17) is 5.11 Å². The highest BCUT2D eigenvalue weighted by atomic mass is 16.3. The SMILES string of the molecule is Cn1c(CNCCCO)nc2ccccc21. The number of aliphatic hydroxyl groups is 1. The Kier molecular flexibility index (Phi) is 3.54. The van der Waals surface area contributed by atoms with Crippen LogP contribution in [0.2, 0.25) is 0 Å². The van der Waals surface area contributed by atoms with E-state index in [9.17, 15) is 0 Å². The van der Waals surface area contributed by atoms with Crippen LogP contribution < -0.4 is 5.32 Å². The standard InChI is InChI=1S/C12H17N3O/c1-15-11-6-3-2-5-10(11)14-12(15)9-13-7-4-8-16/h2-3,5-6,13,16H,4,7-9H2,1H3. The summed E-state index contributed by atoms with van der Waals surface area (Å²) in [5, 5.41) is 11.9. The van der Waals surface area contributed by atoms with Gasteiger partial charge in [0.05, 0.1) is 17.6 Å². The van der Waals surface area contributed by atoms with Crippen LogP contribution in [0.3, 0.4) is 0 Å². The summed E-state index contributed by atoms with van der Waals surface area (Å²) in [5.74, 6) is 1.03. The van der Waals surface area contributed by atoms with Gasteiger partial charge in [-0.2, -0.15) is 0 Å². The van der Waals surface area contributed by atoms with E-state index in [1.807, 2.05) is 25.2 Å². The number of rotatable bonds is 5. The van der Waals surface area contributed by atoms with Crippen molar-refractivity contribution < 1.29 is 5.11 Å². The Morgan fingerprint density at radius 2 is 2.19 bits per heavy atom. The first-order valence-corrected chi connectivity index (χ1v) is 5.55. The molecule has 0 saturated carbocycles. The van der Waals surface area contributed by atoms with Gasteiger partial charge in [0.25, 0.3) is 0 Å². The molecule has 0 radical (unpaired) electrons. The molecular weight excluding hydrogens is 202 g/mol. The van der Waals surface area contributed by atoms with E-state index in [0.717, 1.165) is 36.4 Å². The molecule has 2 N–H and O–H groups in total. The second-order valence-electron chi connectivity index (χ2n) is 3.83. The summed E-state index contributed by atoms with van der Waals surface area (Å²) >= 11 is 0. The third-order valence-corrected chi connectivity index (χ3v) is 2.67. The molecule has 4 nitrogen and oxygen atoms in total. The fourth-order valence-corrected chi connectivity index (χ4v) is 1.76. The predicted octanol–water partition coefficient (Wildman–Crippen LogP) is 1.05. The molecule has 2 rings (SSSR count). The van der Waals surface area contributed by atoms with Gasteiger partial charge in [-0.3, -0.25) is 0 Å². The molecule has 0 unspecified atom stereocenters. The molecular formula is C12H17N3O. The first-order valence-electron chi connectivity index (χ1n) is 5.55. The minimum absolute atomic E-state index is 0.232. The van der Waals surface area contributed by atoms with Crippen molar-refractivity contribution in [2.75, 3.05) is 13.2 Å². The van der Waals surface area contributed by atoms with Crippen molar-refractivity contribution in [1.29, 1.82) is 0 Å². The topological polar surface area (TPSA) is 50.1 Å². The van der Waals surface area contributed by atoms with Gasteiger partial charge in [-0.25, -0.2) is 4.98 Å².